The zero-order valence-electron chi connectivity index (χ0n) is 14.5. The fourth-order valence-electron chi connectivity index (χ4n) is 3.56. The summed E-state index contributed by atoms with van der Waals surface area (Å²) in [7, 11) is -1.11. The molecular formula is C16H21N7O2S. The number of nitrogens with zero attached hydrogens (tertiary/aromatic N) is 6. The lowest BCUT2D eigenvalue weighted by molar-refractivity contribution is 0.422. The van der Waals surface area contributed by atoms with E-state index in [2.05, 4.69) is 30.2 Å². The van der Waals surface area contributed by atoms with E-state index in [1.807, 2.05) is 18.0 Å². The molecule has 0 amide bonds. The fourth-order valence-corrected chi connectivity index (χ4v) is 5.52. The molecule has 4 rings (SSSR count). The topological polar surface area (TPSA) is 104 Å². The van der Waals surface area contributed by atoms with Crippen LogP contribution < -0.4 is 15.1 Å². The summed E-state index contributed by atoms with van der Waals surface area (Å²) in [6.45, 7) is 2.01. The molecule has 138 valence electrons. The third-order valence-electron chi connectivity index (χ3n) is 4.76. The highest BCUT2D eigenvalue weighted by molar-refractivity contribution is 7.91. The van der Waals surface area contributed by atoms with E-state index in [1.54, 1.807) is 24.8 Å². The number of rotatable bonds is 4. The van der Waals surface area contributed by atoms with Crippen LogP contribution in [0.4, 0.5) is 11.8 Å². The first-order valence-corrected chi connectivity index (χ1v) is 10.3. The van der Waals surface area contributed by atoms with Crippen LogP contribution in [0.1, 0.15) is 5.69 Å². The number of anilines is 2. The Morgan fingerprint density at radius 3 is 2.96 bits per heavy atom. The first-order valence-electron chi connectivity index (χ1n) is 8.51. The number of hydrogen-bond donors (Lipinski definition) is 1. The Labute approximate surface area is 152 Å². The number of fused-ring (bicyclic) bond motifs is 1. The van der Waals surface area contributed by atoms with Gasteiger partial charge in [-0.25, -0.2) is 13.4 Å². The van der Waals surface area contributed by atoms with Crippen molar-refractivity contribution in [2.24, 2.45) is 0 Å². The molecule has 2 aromatic rings. The van der Waals surface area contributed by atoms with E-state index in [0.29, 0.717) is 12.5 Å². The van der Waals surface area contributed by atoms with Crippen molar-refractivity contribution >= 4 is 21.6 Å². The van der Waals surface area contributed by atoms with Crippen LogP contribution in [0.3, 0.4) is 0 Å². The minimum atomic E-state index is -3.01. The highest BCUT2D eigenvalue weighted by Crippen LogP contribution is 2.26. The number of nitrogens with one attached hydrogen (secondary N) is 1. The van der Waals surface area contributed by atoms with Crippen molar-refractivity contribution in [2.45, 2.75) is 18.6 Å². The van der Waals surface area contributed by atoms with Crippen LogP contribution >= 0.6 is 0 Å². The highest BCUT2D eigenvalue weighted by atomic mass is 32.2. The second-order valence-electron chi connectivity index (χ2n) is 6.67. The monoisotopic (exact) mass is 375 g/mol. The molecule has 0 aliphatic carbocycles. The minimum Gasteiger partial charge on any atom is -0.350 e. The van der Waals surface area contributed by atoms with Crippen LogP contribution in [0.2, 0.25) is 0 Å². The summed E-state index contributed by atoms with van der Waals surface area (Å²) in [6.07, 6.45) is 6.72. The molecule has 0 unspecified atom stereocenters. The molecule has 0 spiro atoms. The Hall–Kier alpha value is -2.33. The average Bonchev–Trinajstić information content (AvgIpc) is 2.96. The predicted octanol–water partition coefficient (Wildman–Crippen LogP) is -0.522. The largest absolute Gasteiger partial charge is 0.350 e. The maximum absolute atomic E-state index is 12.0. The Kier molecular flexibility index (Phi) is 4.45. The van der Waals surface area contributed by atoms with Crippen LogP contribution in [0.25, 0.3) is 0 Å². The van der Waals surface area contributed by atoms with Crippen molar-refractivity contribution in [1.29, 1.82) is 0 Å². The molecule has 0 radical (unpaired) electrons. The van der Waals surface area contributed by atoms with Gasteiger partial charge >= 0.3 is 0 Å². The third-order valence-corrected chi connectivity index (χ3v) is 6.48. The summed E-state index contributed by atoms with van der Waals surface area (Å²) in [4.78, 5) is 21.4. The zero-order chi connectivity index (χ0) is 18.1. The summed E-state index contributed by atoms with van der Waals surface area (Å²) < 4.78 is 24.1. The molecule has 26 heavy (non-hydrogen) atoms. The standard InChI is InChI=1S/C16H21N7O2S/c1-22(9-12-8-17-4-5-18-12)16-20-3-2-15(21-16)23-7-6-19-13-10-26(24,25)11-14(13)23/h2-5,8,13-14,19H,6-7,9-11H2,1H3/t13-,14+/m1/s1. The van der Waals surface area contributed by atoms with E-state index in [4.69, 9.17) is 0 Å². The molecule has 9 nitrogen and oxygen atoms in total. The zero-order valence-corrected chi connectivity index (χ0v) is 15.3. The number of sulfone groups is 1. The van der Waals surface area contributed by atoms with Crippen LogP contribution in [0.5, 0.6) is 0 Å². The first-order chi connectivity index (χ1) is 12.5. The molecular weight excluding hydrogens is 354 g/mol. The van der Waals surface area contributed by atoms with Gasteiger partial charge < -0.3 is 15.1 Å². The summed E-state index contributed by atoms with van der Waals surface area (Å²) in [5.74, 6) is 1.69. The fraction of sp³-hybridized carbons (Fsp3) is 0.500. The van der Waals surface area contributed by atoms with E-state index < -0.39 is 9.84 Å². The molecule has 0 saturated carbocycles. The van der Waals surface area contributed by atoms with Gasteiger partial charge in [0.25, 0.3) is 0 Å². The van der Waals surface area contributed by atoms with Crippen LogP contribution in [-0.2, 0) is 16.4 Å². The quantitative estimate of drug-likeness (QED) is 0.756. The molecule has 2 atom stereocenters. The molecule has 2 fully saturated rings. The van der Waals surface area contributed by atoms with E-state index in [9.17, 15) is 8.42 Å². The lowest BCUT2D eigenvalue weighted by atomic mass is 10.1. The second-order valence-corrected chi connectivity index (χ2v) is 8.82. The van der Waals surface area contributed by atoms with Gasteiger partial charge in [0.1, 0.15) is 5.82 Å². The van der Waals surface area contributed by atoms with Gasteiger partial charge in [-0.05, 0) is 6.07 Å². The number of piperazine rings is 1. The lowest BCUT2D eigenvalue weighted by Crippen LogP contribution is -2.57. The van der Waals surface area contributed by atoms with Gasteiger partial charge in [-0.3, -0.25) is 9.97 Å². The van der Waals surface area contributed by atoms with Gasteiger partial charge in [-0.2, -0.15) is 4.98 Å². The third kappa shape index (κ3) is 3.47. The molecule has 4 heterocycles. The van der Waals surface area contributed by atoms with Gasteiger partial charge in [0, 0.05) is 44.8 Å². The van der Waals surface area contributed by atoms with Crippen molar-refractivity contribution in [3.8, 4) is 0 Å². The number of aromatic nitrogens is 4. The molecule has 10 heteroatoms. The van der Waals surface area contributed by atoms with Gasteiger partial charge in [0.05, 0.1) is 36.0 Å². The molecule has 2 saturated heterocycles. The van der Waals surface area contributed by atoms with Crippen molar-refractivity contribution in [2.75, 3.05) is 41.4 Å². The highest BCUT2D eigenvalue weighted by Gasteiger charge is 2.43. The van der Waals surface area contributed by atoms with Crippen molar-refractivity contribution in [3.63, 3.8) is 0 Å². The molecule has 0 bridgehead atoms. The van der Waals surface area contributed by atoms with Gasteiger partial charge in [0.2, 0.25) is 5.95 Å². The summed E-state index contributed by atoms with van der Waals surface area (Å²) in [5.41, 5.74) is 0.827. The molecule has 2 aliphatic rings. The maximum atomic E-state index is 12.0. The molecule has 1 N–H and O–H groups in total. The number of hydrogen-bond acceptors (Lipinski definition) is 9. The molecule has 2 aliphatic heterocycles. The van der Waals surface area contributed by atoms with E-state index >= 15 is 0 Å². The molecule has 2 aromatic heterocycles. The normalized spacial score (nSPS) is 24.3. The molecule has 0 aromatic carbocycles. The lowest BCUT2D eigenvalue weighted by Gasteiger charge is -2.38. The Balaban J connectivity index is 1.55. The van der Waals surface area contributed by atoms with Crippen molar-refractivity contribution < 1.29 is 8.42 Å². The maximum Gasteiger partial charge on any atom is 0.227 e. The Bertz CT molecular complexity index is 877. The van der Waals surface area contributed by atoms with E-state index in [1.165, 1.54) is 0 Å². The average molecular weight is 375 g/mol. The van der Waals surface area contributed by atoms with E-state index in [-0.39, 0.29) is 23.6 Å². The smallest absolute Gasteiger partial charge is 0.227 e. The minimum absolute atomic E-state index is 0.0375. The summed E-state index contributed by atoms with van der Waals surface area (Å²) in [6, 6.07) is 1.72. The van der Waals surface area contributed by atoms with Crippen LogP contribution in [-0.4, -0.2) is 72.1 Å². The van der Waals surface area contributed by atoms with Crippen LogP contribution in [0.15, 0.2) is 30.9 Å². The predicted molar refractivity (Wildman–Crippen MR) is 97.7 cm³/mol. The van der Waals surface area contributed by atoms with E-state index in [0.717, 1.165) is 24.6 Å². The first kappa shape index (κ1) is 17.1. The Morgan fingerprint density at radius 1 is 1.27 bits per heavy atom. The van der Waals surface area contributed by atoms with Gasteiger partial charge in [-0.1, -0.05) is 0 Å². The summed E-state index contributed by atoms with van der Waals surface area (Å²) >= 11 is 0. The summed E-state index contributed by atoms with van der Waals surface area (Å²) in [5, 5.41) is 3.32. The van der Waals surface area contributed by atoms with Crippen molar-refractivity contribution in [3.05, 3.63) is 36.5 Å². The van der Waals surface area contributed by atoms with Crippen LogP contribution in [0, 0.1) is 0 Å². The van der Waals surface area contributed by atoms with Gasteiger partial charge in [0.15, 0.2) is 9.84 Å². The van der Waals surface area contributed by atoms with Crippen molar-refractivity contribution in [1.82, 2.24) is 25.3 Å². The Morgan fingerprint density at radius 2 is 2.15 bits per heavy atom. The van der Waals surface area contributed by atoms with Gasteiger partial charge in [-0.15, -0.1) is 0 Å². The SMILES string of the molecule is CN(Cc1cnccn1)c1nccc(N2CCN[C@@H]3CS(=O)(=O)C[C@@H]32)n1. The second kappa shape index (κ2) is 6.76.